The van der Waals surface area contributed by atoms with Crippen LogP contribution in [-0.4, -0.2) is 14.5 Å². The third kappa shape index (κ3) is 1.62. The highest BCUT2D eigenvalue weighted by Crippen LogP contribution is 2.23. The van der Waals surface area contributed by atoms with Gasteiger partial charge in [0.1, 0.15) is 5.52 Å². The summed E-state index contributed by atoms with van der Waals surface area (Å²) < 4.78 is 1.87. The molecule has 0 atom stereocenters. The van der Waals surface area contributed by atoms with E-state index in [1.807, 2.05) is 34.9 Å². The SMILES string of the molecule is Nc1nc2cnccc2n1-c1ccc(Cl)cc1. The number of nitrogen functional groups attached to an aromatic ring is 1. The van der Waals surface area contributed by atoms with Crippen molar-refractivity contribution in [3.8, 4) is 5.69 Å². The van der Waals surface area contributed by atoms with E-state index in [2.05, 4.69) is 9.97 Å². The fraction of sp³-hybridized carbons (Fsp3) is 0. The average Bonchev–Trinajstić information content (AvgIpc) is 2.66. The number of nitrogens with zero attached hydrogens (tertiary/aromatic N) is 3. The van der Waals surface area contributed by atoms with Crippen LogP contribution in [0.3, 0.4) is 0 Å². The van der Waals surface area contributed by atoms with E-state index in [-0.39, 0.29) is 0 Å². The monoisotopic (exact) mass is 244 g/mol. The Kier molecular flexibility index (Phi) is 2.23. The van der Waals surface area contributed by atoms with Crippen molar-refractivity contribution in [1.29, 1.82) is 0 Å². The van der Waals surface area contributed by atoms with E-state index < -0.39 is 0 Å². The molecule has 0 radical (unpaired) electrons. The Morgan fingerprint density at radius 3 is 2.65 bits per heavy atom. The van der Waals surface area contributed by atoms with Crippen molar-refractivity contribution < 1.29 is 0 Å². The number of hydrogen-bond acceptors (Lipinski definition) is 3. The van der Waals surface area contributed by atoms with Gasteiger partial charge in [0.25, 0.3) is 0 Å². The summed E-state index contributed by atoms with van der Waals surface area (Å²) in [4.78, 5) is 8.28. The Hall–Kier alpha value is -2.07. The minimum atomic E-state index is 0.440. The highest BCUT2D eigenvalue weighted by molar-refractivity contribution is 6.30. The molecule has 5 heteroatoms. The molecule has 0 saturated carbocycles. The van der Waals surface area contributed by atoms with Gasteiger partial charge in [0.05, 0.1) is 11.7 Å². The maximum Gasteiger partial charge on any atom is 0.205 e. The summed E-state index contributed by atoms with van der Waals surface area (Å²) in [6, 6.07) is 9.33. The van der Waals surface area contributed by atoms with Crippen LogP contribution in [0.4, 0.5) is 5.95 Å². The molecule has 0 aliphatic rings. The molecule has 4 nitrogen and oxygen atoms in total. The minimum Gasteiger partial charge on any atom is -0.369 e. The molecule has 0 unspecified atom stereocenters. The number of imidazole rings is 1. The molecule has 0 saturated heterocycles. The largest absolute Gasteiger partial charge is 0.369 e. The Morgan fingerprint density at radius 2 is 1.88 bits per heavy atom. The van der Waals surface area contributed by atoms with Crippen molar-refractivity contribution in [3.63, 3.8) is 0 Å². The van der Waals surface area contributed by atoms with Crippen LogP contribution in [0.15, 0.2) is 42.7 Å². The first-order chi connectivity index (χ1) is 8.25. The van der Waals surface area contributed by atoms with Crippen molar-refractivity contribution in [1.82, 2.24) is 14.5 Å². The summed E-state index contributed by atoms with van der Waals surface area (Å²) in [5.41, 5.74) is 8.55. The summed E-state index contributed by atoms with van der Waals surface area (Å²) in [6.45, 7) is 0. The number of pyridine rings is 1. The van der Waals surface area contributed by atoms with Gasteiger partial charge in [0.15, 0.2) is 0 Å². The summed E-state index contributed by atoms with van der Waals surface area (Å²) in [7, 11) is 0. The lowest BCUT2D eigenvalue weighted by Gasteiger charge is -2.05. The van der Waals surface area contributed by atoms with Gasteiger partial charge in [0, 0.05) is 16.9 Å². The number of aromatic nitrogens is 3. The molecule has 2 heterocycles. The molecule has 0 fully saturated rings. The molecule has 0 aliphatic heterocycles. The summed E-state index contributed by atoms with van der Waals surface area (Å²) in [5.74, 6) is 0.440. The summed E-state index contributed by atoms with van der Waals surface area (Å²) in [6.07, 6.45) is 3.41. The van der Waals surface area contributed by atoms with Crippen molar-refractivity contribution in [3.05, 3.63) is 47.7 Å². The number of nitrogens with two attached hydrogens (primary N) is 1. The molecular formula is C12H9ClN4. The molecule has 2 N–H and O–H groups in total. The van der Waals surface area contributed by atoms with E-state index >= 15 is 0 Å². The zero-order valence-corrected chi connectivity index (χ0v) is 9.59. The fourth-order valence-electron chi connectivity index (χ4n) is 1.81. The maximum atomic E-state index is 5.91. The van der Waals surface area contributed by atoms with Crippen LogP contribution >= 0.6 is 11.6 Å². The van der Waals surface area contributed by atoms with Gasteiger partial charge < -0.3 is 5.73 Å². The first-order valence-electron chi connectivity index (χ1n) is 5.09. The molecule has 1 aromatic carbocycles. The molecule has 0 amide bonds. The van der Waals surface area contributed by atoms with Gasteiger partial charge >= 0.3 is 0 Å². The lowest BCUT2D eigenvalue weighted by Crippen LogP contribution is -2.00. The van der Waals surface area contributed by atoms with Gasteiger partial charge in [0.2, 0.25) is 5.95 Å². The number of halogens is 1. The van der Waals surface area contributed by atoms with E-state index in [9.17, 15) is 0 Å². The topological polar surface area (TPSA) is 56.7 Å². The van der Waals surface area contributed by atoms with E-state index in [0.717, 1.165) is 16.7 Å². The van der Waals surface area contributed by atoms with Crippen LogP contribution in [0, 0.1) is 0 Å². The van der Waals surface area contributed by atoms with Crippen LogP contribution < -0.4 is 5.73 Å². The first kappa shape index (κ1) is 10.1. The normalized spacial score (nSPS) is 10.9. The van der Waals surface area contributed by atoms with Gasteiger partial charge in [-0.15, -0.1) is 0 Å². The predicted molar refractivity (Wildman–Crippen MR) is 68.3 cm³/mol. The highest BCUT2D eigenvalue weighted by Gasteiger charge is 2.09. The number of anilines is 1. The van der Waals surface area contributed by atoms with Gasteiger partial charge in [-0.25, -0.2) is 4.98 Å². The number of fused-ring (bicyclic) bond motifs is 1. The zero-order valence-electron chi connectivity index (χ0n) is 8.84. The Labute approximate surface area is 103 Å². The Bertz CT molecular complexity index is 673. The maximum absolute atomic E-state index is 5.91. The van der Waals surface area contributed by atoms with E-state index in [4.69, 9.17) is 17.3 Å². The highest BCUT2D eigenvalue weighted by atomic mass is 35.5. The van der Waals surface area contributed by atoms with Crippen molar-refractivity contribution in [2.45, 2.75) is 0 Å². The molecular weight excluding hydrogens is 236 g/mol. The van der Waals surface area contributed by atoms with Crippen LogP contribution in [0.25, 0.3) is 16.7 Å². The summed E-state index contributed by atoms with van der Waals surface area (Å²) in [5, 5.41) is 0.693. The van der Waals surface area contributed by atoms with Crippen LogP contribution in [0.5, 0.6) is 0 Å². The molecule has 17 heavy (non-hydrogen) atoms. The molecule has 0 bridgehead atoms. The first-order valence-corrected chi connectivity index (χ1v) is 5.47. The smallest absolute Gasteiger partial charge is 0.205 e. The van der Waals surface area contributed by atoms with E-state index in [1.165, 1.54) is 0 Å². The van der Waals surface area contributed by atoms with Crippen LogP contribution in [0.2, 0.25) is 5.02 Å². The molecule has 0 spiro atoms. The van der Waals surface area contributed by atoms with E-state index in [0.29, 0.717) is 11.0 Å². The van der Waals surface area contributed by atoms with Crippen LogP contribution in [0.1, 0.15) is 0 Å². The zero-order chi connectivity index (χ0) is 11.8. The third-order valence-electron chi connectivity index (χ3n) is 2.57. The second-order valence-corrected chi connectivity index (χ2v) is 4.08. The average molecular weight is 245 g/mol. The number of hydrogen-bond donors (Lipinski definition) is 1. The van der Waals surface area contributed by atoms with Gasteiger partial charge in [-0.1, -0.05) is 11.6 Å². The molecule has 3 aromatic rings. The lowest BCUT2D eigenvalue weighted by molar-refractivity contribution is 1.11. The molecule has 0 aliphatic carbocycles. The van der Waals surface area contributed by atoms with Crippen LogP contribution in [-0.2, 0) is 0 Å². The quantitative estimate of drug-likeness (QED) is 0.716. The Morgan fingerprint density at radius 1 is 1.12 bits per heavy atom. The molecule has 3 rings (SSSR count). The van der Waals surface area contributed by atoms with Gasteiger partial charge in [-0.05, 0) is 30.3 Å². The molecule has 84 valence electrons. The fourth-order valence-corrected chi connectivity index (χ4v) is 1.94. The summed E-state index contributed by atoms with van der Waals surface area (Å²) >= 11 is 5.86. The van der Waals surface area contributed by atoms with E-state index in [1.54, 1.807) is 12.4 Å². The molecule has 2 aromatic heterocycles. The minimum absolute atomic E-state index is 0.440. The van der Waals surface area contributed by atoms with Crippen molar-refractivity contribution >= 4 is 28.6 Å². The number of rotatable bonds is 1. The lowest BCUT2D eigenvalue weighted by atomic mass is 10.3. The van der Waals surface area contributed by atoms with Crippen molar-refractivity contribution in [2.75, 3.05) is 5.73 Å². The Balaban J connectivity index is 2.29. The predicted octanol–water partition coefficient (Wildman–Crippen LogP) is 2.66. The van der Waals surface area contributed by atoms with Gasteiger partial charge in [-0.3, -0.25) is 9.55 Å². The number of benzene rings is 1. The third-order valence-corrected chi connectivity index (χ3v) is 2.82. The van der Waals surface area contributed by atoms with Crippen molar-refractivity contribution in [2.24, 2.45) is 0 Å². The standard InChI is InChI=1S/C12H9ClN4/c13-8-1-3-9(4-2-8)17-11-5-6-15-7-10(11)16-12(17)14/h1-7H,(H2,14,16). The van der Waals surface area contributed by atoms with Gasteiger partial charge in [-0.2, -0.15) is 0 Å². The second kappa shape index (κ2) is 3.75. The second-order valence-electron chi connectivity index (χ2n) is 3.65.